The highest BCUT2D eigenvalue weighted by molar-refractivity contribution is 6.64. The number of hydrogen-bond acceptors (Lipinski definition) is 0. The van der Waals surface area contributed by atoms with E-state index >= 15 is 0 Å². The van der Waals surface area contributed by atoms with E-state index in [-0.39, 0.29) is 37.6 Å². The van der Waals surface area contributed by atoms with Crippen molar-refractivity contribution in [3.05, 3.63) is 12.1 Å². The second-order valence-corrected chi connectivity index (χ2v) is 3.70. The van der Waals surface area contributed by atoms with Crippen molar-refractivity contribution in [1.82, 2.24) is 0 Å². The smallest absolute Gasteiger partial charge is 0.445 e. The van der Waals surface area contributed by atoms with Crippen LogP contribution in [0.5, 0.6) is 0 Å². The average molecular weight is 213 g/mol. The molecule has 0 aromatic rings. The Hall–Kier alpha value is -0.545. The van der Waals surface area contributed by atoms with Gasteiger partial charge in [0.05, 0.1) is 0 Å². The molecule has 82 valence electrons. The van der Waals surface area contributed by atoms with Crippen LogP contribution in [0, 0.1) is 5.92 Å². The molecule has 0 aromatic heterocycles. The molecule has 6 heteroatoms. The van der Waals surface area contributed by atoms with Gasteiger partial charge < -0.3 is 12.9 Å². The van der Waals surface area contributed by atoms with Gasteiger partial charge in [-0.2, -0.15) is 0 Å². The van der Waals surface area contributed by atoms with Gasteiger partial charge in [-0.3, -0.25) is 0 Å². The Bertz CT molecular complexity index is 210. The first kappa shape index (κ1) is 11.5. The SMILES string of the molecule is F[B-](F)(F)/C=C/C1CCC(F)(F)CC1. The Morgan fingerprint density at radius 3 is 2.00 bits per heavy atom. The van der Waals surface area contributed by atoms with Gasteiger partial charge >= 0.3 is 6.98 Å². The lowest BCUT2D eigenvalue weighted by Gasteiger charge is -2.26. The molecule has 1 saturated carbocycles. The second kappa shape index (κ2) is 3.91. The number of rotatable bonds is 2. The lowest BCUT2D eigenvalue weighted by Crippen LogP contribution is -2.24. The van der Waals surface area contributed by atoms with Gasteiger partial charge in [0.2, 0.25) is 5.92 Å². The predicted molar refractivity (Wildman–Crippen MR) is 45.1 cm³/mol. The van der Waals surface area contributed by atoms with Gasteiger partial charge in [-0.15, -0.1) is 12.1 Å². The van der Waals surface area contributed by atoms with E-state index in [9.17, 15) is 21.7 Å². The van der Waals surface area contributed by atoms with E-state index in [0.29, 0.717) is 0 Å². The van der Waals surface area contributed by atoms with Gasteiger partial charge in [0, 0.05) is 12.8 Å². The standard InChI is InChI=1S/C8H11BF5/c10-8(11)4-1-7(2-5-8)3-6-9(12,13)14/h3,6-7H,1-2,4-5H2/q-1/b6-3+. The van der Waals surface area contributed by atoms with Gasteiger partial charge in [-0.1, -0.05) is 0 Å². The van der Waals surface area contributed by atoms with Gasteiger partial charge in [0.25, 0.3) is 0 Å². The van der Waals surface area contributed by atoms with Crippen molar-refractivity contribution in [3.8, 4) is 0 Å². The molecule has 1 aliphatic carbocycles. The van der Waals surface area contributed by atoms with Crippen molar-refractivity contribution >= 4 is 6.98 Å². The number of alkyl halides is 2. The summed E-state index contributed by atoms with van der Waals surface area (Å²) in [5.41, 5.74) is 0. The minimum Gasteiger partial charge on any atom is -0.445 e. The fourth-order valence-corrected chi connectivity index (χ4v) is 1.54. The average Bonchev–Trinajstić information content (AvgIpc) is 2.01. The first-order valence-electron chi connectivity index (χ1n) is 4.56. The molecule has 1 fully saturated rings. The predicted octanol–water partition coefficient (Wildman–Crippen LogP) is 3.75. The molecule has 0 amide bonds. The Morgan fingerprint density at radius 1 is 1.07 bits per heavy atom. The van der Waals surface area contributed by atoms with Gasteiger partial charge in [0.1, 0.15) is 0 Å². The summed E-state index contributed by atoms with van der Waals surface area (Å²) in [7, 11) is 0. The van der Waals surface area contributed by atoms with Crippen molar-refractivity contribution in [1.29, 1.82) is 0 Å². The fraction of sp³-hybridized carbons (Fsp3) is 0.750. The van der Waals surface area contributed by atoms with E-state index in [4.69, 9.17) is 0 Å². The summed E-state index contributed by atoms with van der Waals surface area (Å²) in [5.74, 6) is -2.81. The van der Waals surface area contributed by atoms with Crippen molar-refractivity contribution in [2.75, 3.05) is 0 Å². The lowest BCUT2D eigenvalue weighted by atomic mass is 9.82. The summed E-state index contributed by atoms with van der Waals surface area (Å²) in [5, 5.41) is 0. The second-order valence-electron chi connectivity index (χ2n) is 3.70. The zero-order valence-corrected chi connectivity index (χ0v) is 7.53. The monoisotopic (exact) mass is 213 g/mol. The Kier molecular flexibility index (Phi) is 3.22. The molecule has 0 unspecified atom stereocenters. The van der Waals surface area contributed by atoms with Gasteiger partial charge in [-0.05, 0) is 18.8 Å². The van der Waals surface area contributed by atoms with Crippen LogP contribution in [-0.2, 0) is 0 Å². The van der Waals surface area contributed by atoms with Crippen LogP contribution in [0.4, 0.5) is 21.7 Å². The molecule has 14 heavy (non-hydrogen) atoms. The van der Waals surface area contributed by atoms with Gasteiger partial charge in [0.15, 0.2) is 0 Å². The van der Waals surface area contributed by atoms with Gasteiger partial charge in [-0.25, -0.2) is 8.78 Å². The third-order valence-corrected chi connectivity index (χ3v) is 2.36. The molecule has 0 atom stereocenters. The summed E-state index contributed by atoms with van der Waals surface area (Å²) in [4.78, 5) is 0. The van der Waals surface area contributed by atoms with E-state index < -0.39 is 12.9 Å². The Morgan fingerprint density at radius 2 is 1.57 bits per heavy atom. The first-order valence-corrected chi connectivity index (χ1v) is 4.56. The summed E-state index contributed by atoms with van der Waals surface area (Å²) >= 11 is 0. The van der Waals surface area contributed by atoms with Crippen molar-refractivity contribution in [2.24, 2.45) is 5.92 Å². The first-order chi connectivity index (χ1) is 6.29. The molecule has 0 nitrogen and oxygen atoms in total. The minimum absolute atomic E-state index is 0.148. The maximum atomic E-state index is 12.6. The molecule has 0 bridgehead atoms. The molecule has 0 spiro atoms. The molecular formula is C8H11BF5-. The summed E-state index contributed by atoms with van der Waals surface area (Å²) in [6.07, 6.45) is 0.723. The summed E-state index contributed by atoms with van der Waals surface area (Å²) in [6, 6.07) is 0. The maximum absolute atomic E-state index is 12.6. The molecule has 0 radical (unpaired) electrons. The molecule has 0 aliphatic heterocycles. The maximum Gasteiger partial charge on any atom is 0.502 e. The Balaban J connectivity index is 2.40. The number of allylic oxidation sites excluding steroid dienone is 1. The topological polar surface area (TPSA) is 0 Å². The summed E-state index contributed by atoms with van der Waals surface area (Å²) < 4.78 is 60.6. The van der Waals surface area contributed by atoms with Crippen LogP contribution in [0.15, 0.2) is 12.1 Å². The van der Waals surface area contributed by atoms with Crippen LogP contribution in [0.3, 0.4) is 0 Å². The Labute approximate surface area is 79.2 Å². The highest BCUT2D eigenvalue weighted by atomic mass is 19.4. The molecule has 1 rings (SSSR count). The third kappa shape index (κ3) is 4.11. The fourth-order valence-electron chi connectivity index (χ4n) is 1.54. The van der Waals surface area contributed by atoms with Crippen molar-refractivity contribution in [3.63, 3.8) is 0 Å². The normalized spacial score (nSPS) is 24.4. The highest BCUT2D eigenvalue weighted by Gasteiger charge is 2.34. The van der Waals surface area contributed by atoms with E-state index in [1.807, 2.05) is 0 Å². The molecule has 0 N–H and O–H groups in total. The van der Waals surface area contributed by atoms with Crippen molar-refractivity contribution in [2.45, 2.75) is 31.6 Å². The van der Waals surface area contributed by atoms with Crippen LogP contribution >= 0.6 is 0 Å². The van der Waals surface area contributed by atoms with E-state index in [1.54, 1.807) is 0 Å². The van der Waals surface area contributed by atoms with Crippen LogP contribution < -0.4 is 0 Å². The van der Waals surface area contributed by atoms with Crippen LogP contribution in [0.25, 0.3) is 0 Å². The molecule has 0 heterocycles. The number of hydrogen-bond donors (Lipinski definition) is 0. The zero-order valence-electron chi connectivity index (χ0n) is 7.53. The van der Waals surface area contributed by atoms with Crippen LogP contribution in [-0.4, -0.2) is 12.9 Å². The quantitative estimate of drug-likeness (QED) is 0.483. The third-order valence-electron chi connectivity index (χ3n) is 2.36. The molecular weight excluding hydrogens is 202 g/mol. The van der Waals surface area contributed by atoms with Crippen LogP contribution in [0.1, 0.15) is 25.7 Å². The highest BCUT2D eigenvalue weighted by Crippen LogP contribution is 2.36. The summed E-state index contributed by atoms with van der Waals surface area (Å²) in [6.45, 7) is -4.92. The molecule has 0 saturated heterocycles. The van der Waals surface area contributed by atoms with Crippen LogP contribution in [0.2, 0.25) is 0 Å². The lowest BCUT2D eigenvalue weighted by molar-refractivity contribution is -0.0411. The van der Waals surface area contributed by atoms with E-state index in [1.165, 1.54) is 0 Å². The van der Waals surface area contributed by atoms with Crippen molar-refractivity contribution < 1.29 is 21.7 Å². The minimum atomic E-state index is -4.92. The molecule has 1 aliphatic rings. The zero-order chi connectivity index (χ0) is 10.8. The number of halogens is 5. The van der Waals surface area contributed by atoms with E-state index in [2.05, 4.69) is 0 Å². The molecule has 0 aromatic carbocycles. The largest absolute Gasteiger partial charge is 0.502 e. The van der Waals surface area contributed by atoms with E-state index in [0.717, 1.165) is 6.08 Å².